The van der Waals surface area contributed by atoms with Gasteiger partial charge in [-0.1, -0.05) is 19.1 Å². The molecule has 0 bridgehead atoms. The molecule has 0 aliphatic carbocycles. The summed E-state index contributed by atoms with van der Waals surface area (Å²) in [7, 11) is 0. The van der Waals surface area contributed by atoms with Gasteiger partial charge in [0.05, 0.1) is 7.57 Å². The van der Waals surface area contributed by atoms with Crippen molar-refractivity contribution in [3.8, 4) is 0 Å². The van der Waals surface area contributed by atoms with Crippen molar-refractivity contribution in [2.24, 2.45) is 0 Å². The van der Waals surface area contributed by atoms with E-state index in [9.17, 15) is 0 Å². The molecular formula is C15H16Br2INS. The summed E-state index contributed by atoms with van der Waals surface area (Å²) in [4.78, 5) is 0. The molecule has 2 aromatic rings. The topological polar surface area (TPSA) is 12.0 Å². The quantitative estimate of drug-likeness (QED) is 0.443. The summed E-state index contributed by atoms with van der Waals surface area (Å²) in [6.07, 6.45) is 2.16. The fourth-order valence-corrected chi connectivity index (χ4v) is 5.39. The zero-order valence-corrected chi connectivity index (χ0v) is 17.3. The van der Waals surface area contributed by atoms with Crippen molar-refractivity contribution in [1.29, 1.82) is 0 Å². The van der Waals surface area contributed by atoms with Gasteiger partial charge in [-0.2, -0.15) is 0 Å². The molecule has 0 saturated carbocycles. The van der Waals surface area contributed by atoms with Crippen LogP contribution in [-0.4, -0.2) is 6.54 Å². The average molecular weight is 529 g/mol. The lowest BCUT2D eigenvalue weighted by Gasteiger charge is -2.18. The molecule has 1 atom stereocenters. The van der Waals surface area contributed by atoms with E-state index in [1.165, 1.54) is 22.3 Å². The van der Waals surface area contributed by atoms with Gasteiger partial charge in [-0.15, -0.1) is 11.3 Å². The van der Waals surface area contributed by atoms with Gasteiger partial charge in [-0.05, 0) is 103 Å². The van der Waals surface area contributed by atoms with Crippen LogP contribution in [0.3, 0.4) is 0 Å². The molecule has 0 saturated heterocycles. The van der Waals surface area contributed by atoms with Crippen molar-refractivity contribution < 1.29 is 0 Å². The first-order valence-electron chi connectivity index (χ1n) is 6.52. The molecule has 1 heterocycles. The second-order valence-electron chi connectivity index (χ2n) is 4.62. The summed E-state index contributed by atoms with van der Waals surface area (Å²) in [5, 5.41) is 3.66. The van der Waals surface area contributed by atoms with Crippen LogP contribution in [0.15, 0.2) is 37.9 Å². The molecule has 5 heteroatoms. The second-order valence-corrected chi connectivity index (χ2v) is 9.61. The molecule has 108 valence electrons. The van der Waals surface area contributed by atoms with Gasteiger partial charge in [-0.3, -0.25) is 0 Å². The van der Waals surface area contributed by atoms with Gasteiger partial charge >= 0.3 is 0 Å². The van der Waals surface area contributed by atoms with Crippen LogP contribution < -0.4 is 5.32 Å². The third-order valence-electron chi connectivity index (χ3n) is 3.05. The Morgan fingerprint density at radius 2 is 1.95 bits per heavy atom. The molecule has 1 aromatic heterocycles. The Hall–Kier alpha value is 0.570. The van der Waals surface area contributed by atoms with E-state index in [-0.39, 0.29) is 0 Å². The summed E-state index contributed by atoms with van der Waals surface area (Å²) in [5.74, 6) is 0. The number of thiophene rings is 1. The highest BCUT2D eigenvalue weighted by molar-refractivity contribution is 14.1. The minimum Gasteiger partial charge on any atom is -0.310 e. The van der Waals surface area contributed by atoms with Crippen molar-refractivity contribution in [3.63, 3.8) is 0 Å². The summed E-state index contributed by atoms with van der Waals surface area (Å²) in [6, 6.07) is 11.4. The molecule has 0 aliphatic rings. The molecular weight excluding hydrogens is 513 g/mol. The van der Waals surface area contributed by atoms with E-state index in [0.717, 1.165) is 19.4 Å². The van der Waals surface area contributed by atoms with Gasteiger partial charge < -0.3 is 5.32 Å². The van der Waals surface area contributed by atoms with Crippen molar-refractivity contribution >= 4 is 65.8 Å². The van der Waals surface area contributed by atoms with Crippen LogP contribution in [0.1, 0.15) is 30.5 Å². The van der Waals surface area contributed by atoms with E-state index in [2.05, 4.69) is 97.0 Å². The summed E-state index contributed by atoms with van der Waals surface area (Å²) >= 11 is 11.3. The fraction of sp³-hybridized carbons (Fsp3) is 0.333. The Morgan fingerprint density at radius 3 is 2.50 bits per heavy atom. The molecule has 0 aliphatic heterocycles. The molecule has 0 fully saturated rings. The van der Waals surface area contributed by atoms with Crippen LogP contribution in [0.25, 0.3) is 0 Å². The fourth-order valence-electron chi connectivity index (χ4n) is 2.06. The summed E-state index contributed by atoms with van der Waals surface area (Å²) in [6.45, 7) is 3.24. The Balaban J connectivity index is 2.19. The second kappa shape index (κ2) is 8.27. The maximum absolute atomic E-state index is 3.68. The molecule has 1 nitrogen and oxygen atoms in total. The Morgan fingerprint density at radius 1 is 1.25 bits per heavy atom. The Labute approximate surface area is 155 Å². The predicted octanol–water partition coefficient (Wildman–Crippen LogP) is 6.16. The van der Waals surface area contributed by atoms with Gasteiger partial charge in [0.2, 0.25) is 0 Å². The van der Waals surface area contributed by atoms with E-state index in [4.69, 9.17) is 0 Å². The summed E-state index contributed by atoms with van der Waals surface area (Å²) in [5.41, 5.74) is 2.71. The highest BCUT2D eigenvalue weighted by Gasteiger charge is 2.17. The van der Waals surface area contributed by atoms with Crippen LogP contribution >= 0.6 is 65.8 Å². The van der Waals surface area contributed by atoms with Crippen LogP contribution in [0, 0.1) is 3.57 Å². The van der Waals surface area contributed by atoms with E-state index in [1.54, 1.807) is 11.3 Å². The number of nitrogens with one attached hydrogen (secondary N) is 1. The van der Waals surface area contributed by atoms with Crippen molar-refractivity contribution in [1.82, 2.24) is 5.32 Å². The molecule has 2 rings (SSSR count). The maximum Gasteiger partial charge on any atom is 0.0758 e. The monoisotopic (exact) mass is 527 g/mol. The van der Waals surface area contributed by atoms with Crippen molar-refractivity contribution in [2.45, 2.75) is 25.8 Å². The molecule has 20 heavy (non-hydrogen) atoms. The predicted molar refractivity (Wildman–Crippen MR) is 104 cm³/mol. The van der Waals surface area contributed by atoms with Crippen LogP contribution in [0.4, 0.5) is 0 Å². The van der Waals surface area contributed by atoms with E-state index >= 15 is 0 Å². The third-order valence-corrected chi connectivity index (χ3v) is 6.16. The molecule has 1 N–H and O–H groups in total. The zero-order valence-electron chi connectivity index (χ0n) is 11.1. The lowest BCUT2D eigenvalue weighted by molar-refractivity contribution is 0.529. The Bertz CT molecular complexity index is 554. The first-order chi connectivity index (χ1) is 9.60. The Kier molecular flexibility index (Phi) is 7.00. The number of hydrogen-bond acceptors (Lipinski definition) is 2. The van der Waals surface area contributed by atoms with Gasteiger partial charge in [0.15, 0.2) is 0 Å². The van der Waals surface area contributed by atoms with Crippen LogP contribution in [0.2, 0.25) is 0 Å². The minimum atomic E-state index is 0.354. The lowest BCUT2D eigenvalue weighted by Crippen LogP contribution is -2.24. The van der Waals surface area contributed by atoms with E-state index in [0.29, 0.717) is 6.04 Å². The standard InChI is InChI=1S/C15H16Br2INS/c1-2-7-19-13(12-9-14(16)20-15(12)17)8-10-3-5-11(18)6-4-10/h3-6,9,13,19H,2,7-8H2,1H3. The average Bonchev–Trinajstić information content (AvgIpc) is 2.76. The van der Waals surface area contributed by atoms with Gasteiger partial charge in [0.1, 0.15) is 0 Å². The van der Waals surface area contributed by atoms with E-state index in [1.807, 2.05) is 0 Å². The first kappa shape index (κ1) is 16.9. The van der Waals surface area contributed by atoms with Gasteiger partial charge in [0, 0.05) is 9.61 Å². The smallest absolute Gasteiger partial charge is 0.0758 e. The van der Waals surface area contributed by atoms with Crippen molar-refractivity contribution in [3.05, 3.63) is 52.6 Å². The molecule has 1 aromatic carbocycles. The number of benzene rings is 1. The van der Waals surface area contributed by atoms with Crippen molar-refractivity contribution in [2.75, 3.05) is 6.54 Å². The largest absolute Gasteiger partial charge is 0.310 e. The SMILES string of the molecule is CCCNC(Cc1ccc(I)cc1)c1cc(Br)sc1Br. The van der Waals surface area contributed by atoms with Gasteiger partial charge in [-0.25, -0.2) is 0 Å². The highest BCUT2D eigenvalue weighted by atomic mass is 127. The van der Waals surface area contributed by atoms with Crippen LogP contribution in [0.5, 0.6) is 0 Å². The highest BCUT2D eigenvalue weighted by Crippen LogP contribution is 2.36. The lowest BCUT2D eigenvalue weighted by atomic mass is 10.0. The third kappa shape index (κ3) is 4.80. The minimum absolute atomic E-state index is 0.354. The summed E-state index contributed by atoms with van der Waals surface area (Å²) < 4.78 is 3.66. The van der Waals surface area contributed by atoms with E-state index < -0.39 is 0 Å². The number of hydrogen-bond donors (Lipinski definition) is 1. The zero-order chi connectivity index (χ0) is 14.5. The number of rotatable bonds is 6. The first-order valence-corrected chi connectivity index (χ1v) is 10.0. The van der Waals surface area contributed by atoms with Crippen LogP contribution in [-0.2, 0) is 6.42 Å². The molecule has 0 amide bonds. The maximum atomic E-state index is 3.68. The molecule has 0 radical (unpaired) electrons. The molecule has 1 unspecified atom stereocenters. The normalized spacial score (nSPS) is 12.6. The number of halogens is 3. The van der Waals surface area contributed by atoms with Gasteiger partial charge in [0.25, 0.3) is 0 Å². The molecule has 0 spiro atoms.